The van der Waals surface area contributed by atoms with Gasteiger partial charge in [0.2, 0.25) is 0 Å². The molecule has 2 N–H and O–H groups in total. The molecule has 7 heteroatoms. The van der Waals surface area contributed by atoms with Crippen molar-refractivity contribution in [3.8, 4) is 0 Å². The first-order chi connectivity index (χ1) is 14.5. The van der Waals surface area contributed by atoms with Crippen LogP contribution in [-0.4, -0.2) is 21.0 Å². The summed E-state index contributed by atoms with van der Waals surface area (Å²) in [6.07, 6.45) is 1.49. The van der Waals surface area contributed by atoms with Crippen molar-refractivity contribution in [2.24, 2.45) is 0 Å². The molecule has 2 amide bonds. The van der Waals surface area contributed by atoms with Gasteiger partial charge in [0.1, 0.15) is 0 Å². The molecule has 1 aliphatic rings. The number of amides is 2. The van der Waals surface area contributed by atoms with Crippen molar-refractivity contribution < 1.29 is 13.2 Å². The molecule has 154 valence electrons. The van der Waals surface area contributed by atoms with E-state index in [9.17, 15) is 13.2 Å². The average molecular weight is 422 g/mol. The summed E-state index contributed by atoms with van der Waals surface area (Å²) >= 11 is 0. The highest BCUT2D eigenvalue weighted by Crippen LogP contribution is 2.33. The number of sulfonamides is 1. The molecule has 0 aliphatic carbocycles. The Morgan fingerprint density at radius 1 is 0.933 bits per heavy atom. The second-order valence-corrected chi connectivity index (χ2v) is 8.99. The summed E-state index contributed by atoms with van der Waals surface area (Å²) in [4.78, 5) is 12.5. The summed E-state index contributed by atoms with van der Waals surface area (Å²) < 4.78 is 27.6. The van der Waals surface area contributed by atoms with Crippen molar-refractivity contribution in [1.29, 1.82) is 0 Å². The monoisotopic (exact) mass is 421 g/mol. The van der Waals surface area contributed by atoms with Crippen molar-refractivity contribution in [2.45, 2.75) is 24.3 Å². The lowest BCUT2D eigenvalue weighted by Crippen LogP contribution is -2.35. The summed E-state index contributed by atoms with van der Waals surface area (Å²) in [6, 6.07) is 23.2. The smallest absolute Gasteiger partial charge is 0.319 e. The van der Waals surface area contributed by atoms with E-state index in [1.54, 1.807) is 42.5 Å². The number of carbonyl (C=O) groups excluding carboxylic acids is 1. The molecule has 0 atom stereocenters. The lowest BCUT2D eigenvalue weighted by atomic mass is 10.0. The molecule has 0 unspecified atom stereocenters. The number of rotatable bonds is 5. The van der Waals surface area contributed by atoms with Gasteiger partial charge in [0.15, 0.2) is 0 Å². The topological polar surface area (TPSA) is 78.5 Å². The quantitative estimate of drug-likeness (QED) is 0.650. The SMILES string of the molecule is O=C(NCc1ccccc1)Nc1ccc2c(c1)CCCN2S(=O)(=O)c1ccccc1. The minimum absolute atomic E-state index is 0.278. The summed E-state index contributed by atoms with van der Waals surface area (Å²) in [5, 5.41) is 5.66. The van der Waals surface area contributed by atoms with E-state index < -0.39 is 10.0 Å². The van der Waals surface area contributed by atoms with Crippen LogP contribution in [0.15, 0.2) is 83.8 Å². The standard InChI is InChI=1S/C23H23N3O3S/c27-23(24-17-18-8-3-1-4-9-18)25-20-13-14-22-19(16-20)10-7-15-26(22)30(28,29)21-11-5-2-6-12-21/h1-6,8-9,11-14,16H,7,10,15,17H2,(H2,24,25,27). The first kappa shape index (κ1) is 20.0. The molecular weight excluding hydrogens is 398 g/mol. The van der Waals surface area contributed by atoms with E-state index in [1.807, 2.05) is 36.4 Å². The number of hydrogen-bond donors (Lipinski definition) is 2. The number of benzene rings is 3. The van der Waals surface area contributed by atoms with Gasteiger partial charge in [0.05, 0.1) is 10.6 Å². The van der Waals surface area contributed by atoms with Gasteiger partial charge in [-0.2, -0.15) is 0 Å². The van der Waals surface area contributed by atoms with Crippen molar-refractivity contribution in [3.63, 3.8) is 0 Å². The van der Waals surface area contributed by atoms with Gasteiger partial charge in [0.25, 0.3) is 10.0 Å². The van der Waals surface area contributed by atoms with Crippen molar-refractivity contribution in [3.05, 3.63) is 90.0 Å². The van der Waals surface area contributed by atoms with Crippen molar-refractivity contribution in [1.82, 2.24) is 5.32 Å². The predicted molar refractivity (Wildman–Crippen MR) is 118 cm³/mol. The molecule has 0 aromatic heterocycles. The maximum atomic E-state index is 13.1. The Morgan fingerprint density at radius 3 is 2.37 bits per heavy atom. The zero-order valence-electron chi connectivity index (χ0n) is 16.4. The van der Waals surface area contributed by atoms with Gasteiger partial charge in [-0.1, -0.05) is 48.5 Å². The molecule has 6 nitrogen and oxygen atoms in total. The number of hydrogen-bond acceptors (Lipinski definition) is 3. The molecular formula is C23H23N3O3S. The van der Waals surface area contributed by atoms with E-state index in [1.165, 1.54) is 4.31 Å². The second kappa shape index (κ2) is 8.59. The fraction of sp³-hybridized carbons (Fsp3) is 0.174. The minimum Gasteiger partial charge on any atom is -0.334 e. The third-order valence-electron chi connectivity index (χ3n) is 5.04. The van der Waals surface area contributed by atoms with E-state index in [-0.39, 0.29) is 10.9 Å². The fourth-order valence-electron chi connectivity index (χ4n) is 3.56. The molecule has 0 bridgehead atoms. The second-order valence-electron chi connectivity index (χ2n) is 7.13. The molecule has 0 saturated heterocycles. The van der Waals surface area contributed by atoms with Gasteiger partial charge in [0, 0.05) is 18.8 Å². The largest absolute Gasteiger partial charge is 0.334 e. The van der Waals surface area contributed by atoms with Gasteiger partial charge in [-0.3, -0.25) is 4.31 Å². The van der Waals surface area contributed by atoms with Gasteiger partial charge in [-0.15, -0.1) is 0 Å². The Hall–Kier alpha value is -3.32. The number of anilines is 2. The number of nitrogens with one attached hydrogen (secondary N) is 2. The molecule has 30 heavy (non-hydrogen) atoms. The normalized spacial score (nSPS) is 13.4. The third kappa shape index (κ3) is 4.31. The number of urea groups is 1. The Kier molecular flexibility index (Phi) is 5.72. The highest BCUT2D eigenvalue weighted by molar-refractivity contribution is 7.92. The number of nitrogens with zero attached hydrogens (tertiary/aromatic N) is 1. The predicted octanol–water partition coefficient (Wildman–Crippen LogP) is 4.15. The first-order valence-corrected chi connectivity index (χ1v) is 11.3. The molecule has 4 rings (SSSR count). The van der Waals surface area contributed by atoms with Crippen LogP contribution in [0.1, 0.15) is 17.5 Å². The lowest BCUT2D eigenvalue weighted by Gasteiger charge is -2.30. The van der Waals surface area contributed by atoms with Crippen molar-refractivity contribution in [2.75, 3.05) is 16.2 Å². The Bertz CT molecular complexity index is 1130. The van der Waals surface area contributed by atoms with E-state index in [4.69, 9.17) is 0 Å². The Balaban J connectivity index is 1.49. The van der Waals surface area contributed by atoms with Crippen LogP contribution in [0.3, 0.4) is 0 Å². The van der Waals surface area contributed by atoms with E-state index in [2.05, 4.69) is 10.6 Å². The number of fused-ring (bicyclic) bond motifs is 1. The molecule has 3 aromatic rings. The van der Waals surface area contributed by atoms with Crippen LogP contribution in [0.2, 0.25) is 0 Å². The van der Waals surface area contributed by atoms with E-state index in [0.717, 1.165) is 24.0 Å². The fourth-order valence-corrected chi connectivity index (χ4v) is 5.13. The third-order valence-corrected chi connectivity index (χ3v) is 6.87. The van der Waals surface area contributed by atoms with E-state index in [0.29, 0.717) is 24.5 Å². The van der Waals surface area contributed by atoms with Crippen LogP contribution in [0.4, 0.5) is 16.2 Å². The number of carbonyl (C=O) groups is 1. The highest BCUT2D eigenvalue weighted by atomic mass is 32.2. The Morgan fingerprint density at radius 2 is 1.63 bits per heavy atom. The van der Waals surface area contributed by atoms with Crippen LogP contribution in [0.5, 0.6) is 0 Å². The van der Waals surface area contributed by atoms with Gasteiger partial charge in [-0.25, -0.2) is 13.2 Å². The maximum absolute atomic E-state index is 13.1. The highest BCUT2D eigenvalue weighted by Gasteiger charge is 2.29. The molecule has 0 saturated carbocycles. The average Bonchev–Trinajstić information content (AvgIpc) is 2.78. The number of aryl methyl sites for hydroxylation is 1. The molecule has 0 radical (unpaired) electrons. The van der Waals surface area contributed by atoms with Gasteiger partial charge >= 0.3 is 6.03 Å². The van der Waals surface area contributed by atoms with Crippen LogP contribution in [0, 0.1) is 0 Å². The van der Waals surface area contributed by atoms with Crippen LogP contribution in [-0.2, 0) is 23.0 Å². The van der Waals surface area contributed by atoms with E-state index >= 15 is 0 Å². The van der Waals surface area contributed by atoms with Crippen LogP contribution < -0.4 is 14.9 Å². The maximum Gasteiger partial charge on any atom is 0.319 e. The first-order valence-electron chi connectivity index (χ1n) is 9.83. The molecule has 1 heterocycles. The molecule has 0 fully saturated rings. The molecule has 1 aliphatic heterocycles. The summed E-state index contributed by atoms with van der Waals surface area (Å²) in [5.41, 5.74) is 3.22. The zero-order chi connectivity index (χ0) is 21.0. The zero-order valence-corrected chi connectivity index (χ0v) is 17.2. The summed E-state index contributed by atoms with van der Waals surface area (Å²) in [6.45, 7) is 0.870. The van der Waals surface area contributed by atoms with Crippen molar-refractivity contribution >= 4 is 27.4 Å². The van der Waals surface area contributed by atoms with Gasteiger partial charge < -0.3 is 10.6 Å². The molecule has 3 aromatic carbocycles. The Labute approximate surface area is 176 Å². The summed E-state index contributed by atoms with van der Waals surface area (Å²) in [7, 11) is -3.62. The molecule has 0 spiro atoms. The van der Waals surface area contributed by atoms with Crippen LogP contribution in [0.25, 0.3) is 0 Å². The summed E-state index contributed by atoms with van der Waals surface area (Å²) in [5.74, 6) is 0. The minimum atomic E-state index is -3.62. The van der Waals surface area contributed by atoms with Gasteiger partial charge in [-0.05, 0) is 54.3 Å². The lowest BCUT2D eigenvalue weighted by molar-refractivity contribution is 0.251. The van der Waals surface area contributed by atoms with Crippen LogP contribution >= 0.6 is 0 Å².